The van der Waals surface area contributed by atoms with Gasteiger partial charge in [0.2, 0.25) is 5.16 Å². The van der Waals surface area contributed by atoms with Crippen LogP contribution in [0.25, 0.3) is 22.1 Å². The molecule has 4 rings (SSSR count). The smallest absolute Gasteiger partial charge is 0.211 e. The molecule has 120 valence electrons. The largest absolute Gasteiger partial charge is 0.338 e. The summed E-state index contributed by atoms with van der Waals surface area (Å²) >= 11 is 13.6. The average Bonchev–Trinajstić information content (AvgIpc) is 2.91. The number of rotatable bonds is 3. The molecule has 0 bridgehead atoms. The van der Waals surface area contributed by atoms with Crippen LogP contribution in [0.1, 0.15) is 11.1 Å². The number of nitrogens with one attached hydrogen (secondary N) is 1. The van der Waals surface area contributed by atoms with Crippen LogP contribution in [0.3, 0.4) is 0 Å². The third-order valence-corrected chi connectivity index (χ3v) is 5.20. The summed E-state index contributed by atoms with van der Waals surface area (Å²) in [4.78, 5) is 7.86. The quantitative estimate of drug-likeness (QED) is 0.486. The molecule has 2 aromatic carbocycles. The summed E-state index contributed by atoms with van der Waals surface area (Å²) in [5.41, 5.74) is 4.72. The summed E-state index contributed by atoms with van der Waals surface area (Å²) in [6.45, 7) is 2.05. The van der Waals surface area contributed by atoms with Crippen molar-refractivity contribution in [1.82, 2.24) is 20.2 Å². The molecule has 2 aromatic heterocycles. The third-order valence-electron chi connectivity index (χ3n) is 3.72. The van der Waals surface area contributed by atoms with E-state index in [0.29, 0.717) is 21.0 Å². The maximum atomic E-state index is 6.20. The minimum Gasteiger partial charge on any atom is -0.338 e. The van der Waals surface area contributed by atoms with Gasteiger partial charge in [0.15, 0.2) is 5.65 Å². The number of thioether (sulfide) groups is 1. The van der Waals surface area contributed by atoms with Crippen molar-refractivity contribution in [3.8, 4) is 0 Å². The van der Waals surface area contributed by atoms with Crippen LogP contribution in [0.5, 0.6) is 0 Å². The number of aromatic nitrogens is 4. The highest BCUT2D eigenvalue weighted by Crippen LogP contribution is 2.28. The number of nitrogens with zero attached hydrogens (tertiary/aromatic N) is 3. The number of halogens is 2. The van der Waals surface area contributed by atoms with Gasteiger partial charge in [0, 0.05) is 26.7 Å². The second kappa shape index (κ2) is 6.24. The van der Waals surface area contributed by atoms with Gasteiger partial charge < -0.3 is 4.98 Å². The Hall–Kier alpha value is -1.82. The zero-order valence-electron chi connectivity index (χ0n) is 12.7. The Morgan fingerprint density at radius 1 is 1.08 bits per heavy atom. The van der Waals surface area contributed by atoms with Gasteiger partial charge in [0.1, 0.15) is 5.52 Å². The molecular weight excluding hydrogens is 363 g/mol. The lowest BCUT2D eigenvalue weighted by Crippen LogP contribution is -1.92. The number of fused-ring (bicyclic) bond motifs is 3. The Morgan fingerprint density at radius 3 is 2.79 bits per heavy atom. The predicted octanol–water partition coefficient (Wildman–Crippen LogP) is 5.41. The molecule has 7 heteroatoms. The molecule has 0 fully saturated rings. The molecule has 0 spiro atoms. The third kappa shape index (κ3) is 2.95. The van der Waals surface area contributed by atoms with E-state index in [2.05, 4.69) is 39.2 Å². The van der Waals surface area contributed by atoms with Crippen LogP contribution in [0.15, 0.2) is 41.6 Å². The monoisotopic (exact) mass is 374 g/mol. The molecular formula is C17H12Cl2N4S. The van der Waals surface area contributed by atoms with Crippen LogP contribution in [0.2, 0.25) is 10.0 Å². The first-order valence-corrected chi connectivity index (χ1v) is 9.04. The fourth-order valence-electron chi connectivity index (χ4n) is 2.51. The van der Waals surface area contributed by atoms with Crippen molar-refractivity contribution in [3.05, 3.63) is 57.6 Å². The first-order chi connectivity index (χ1) is 11.6. The van der Waals surface area contributed by atoms with E-state index in [1.54, 1.807) is 6.07 Å². The molecule has 0 saturated heterocycles. The highest BCUT2D eigenvalue weighted by molar-refractivity contribution is 7.98. The fourth-order valence-corrected chi connectivity index (χ4v) is 3.86. The van der Waals surface area contributed by atoms with Gasteiger partial charge in [-0.2, -0.15) is 0 Å². The minimum atomic E-state index is 0.608. The first-order valence-electron chi connectivity index (χ1n) is 7.29. The molecule has 24 heavy (non-hydrogen) atoms. The van der Waals surface area contributed by atoms with Gasteiger partial charge in [0.25, 0.3) is 0 Å². The zero-order valence-corrected chi connectivity index (χ0v) is 15.0. The van der Waals surface area contributed by atoms with Crippen LogP contribution >= 0.6 is 35.0 Å². The number of hydrogen-bond donors (Lipinski definition) is 1. The van der Waals surface area contributed by atoms with Crippen molar-refractivity contribution < 1.29 is 0 Å². The van der Waals surface area contributed by atoms with Crippen molar-refractivity contribution in [3.63, 3.8) is 0 Å². The number of aryl methyl sites for hydroxylation is 1. The van der Waals surface area contributed by atoms with E-state index in [1.807, 2.05) is 18.2 Å². The molecule has 2 heterocycles. The van der Waals surface area contributed by atoms with Crippen molar-refractivity contribution in [2.24, 2.45) is 0 Å². The maximum absolute atomic E-state index is 6.20. The Labute approximate surface area is 152 Å². The SMILES string of the molecule is Cc1ccc2[nH]c3nc(SCc4ccc(Cl)cc4Cl)nnc3c2c1. The Kier molecular flexibility index (Phi) is 4.08. The standard InChI is InChI=1S/C17H12Cl2N4S/c1-9-2-5-14-12(6-9)15-16(20-14)21-17(23-22-15)24-8-10-3-4-11(18)7-13(10)19/h2-7H,8H2,1H3,(H,20,21,23). The predicted molar refractivity (Wildman–Crippen MR) is 99.9 cm³/mol. The van der Waals surface area contributed by atoms with E-state index in [4.69, 9.17) is 23.2 Å². The lowest BCUT2D eigenvalue weighted by molar-refractivity contribution is 0.878. The highest BCUT2D eigenvalue weighted by Gasteiger charge is 2.10. The molecule has 4 nitrogen and oxygen atoms in total. The Morgan fingerprint density at radius 2 is 1.96 bits per heavy atom. The minimum absolute atomic E-state index is 0.608. The van der Waals surface area contributed by atoms with E-state index in [0.717, 1.165) is 27.6 Å². The van der Waals surface area contributed by atoms with Crippen molar-refractivity contribution in [2.45, 2.75) is 17.8 Å². The average molecular weight is 375 g/mol. The molecule has 0 aliphatic carbocycles. The van der Waals surface area contributed by atoms with Crippen LogP contribution < -0.4 is 0 Å². The van der Waals surface area contributed by atoms with Crippen LogP contribution in [-0.2, 0) is 5.75 Å². The van der Waals surface area contributed by atoms with Gasteiger partial charge >= 0.3 is 0 Å². The molecule has 0 saturated carbocycles. The summed E-state index contributed by atoms with van der Waals surface area (Å²) in [5.74, 6) is 0.655. The number of hydrogen-bond acceptors (Lipinski definition) is 4. The number of aromatic amines is 1. The van der Waals surface area contributed by atoms with E-state index in [-0.39, 0.29) is 0 Å². The first kappa shape index (κ1) is 15.7. The zero-order chi connectivity index (χ0) is 16.7. The molecule has 0 aliphatic rings. The van der Waals surface area contributed by atoms with E-state index >= 15 is 0 Å². The van der Waals surface area contributed by atoms with Crippen molar-refractivity contribution >= 4 is 57.0 Å². The van der Waals surface area contributed by atoms with Gasteiger partial charge in [-0.05, 0) is 36.8 Å². The van der Waals surface area contributed by atoms with Crippen molar-refractivity contribution in [2.75, 3.05) is 0 Å². The number of H-pyrrole nitrogens is 1. The van der Waals surface area contributed by atoms with E-state index < -0.39 is 0 Å². The molecule has 0 amide bonds. The summed E-state index contributed by atoms with van der Waals surface area (Å²) in [5, 5.41) is 11.5. The van der Waals surface area contributed by atoms with Gasteiger partial charge in [-0.25, -0.2) is 4.98 Å². The van der Waals surface area contributed by atoms with Crippen LogP contribution in [0.4, 0.5) is 0 Å². The van der Waals surface area contributed by atoms with E-state index in [1.165, 1.54) is 17.3 Å². The van der Waals surface area contributed by atoms with Crippen molar-refractivity contribution in [1.29, 1.82) is 0 Å². The summed E-state index contributed by atoms with van der Waals surface area (Å²) < 4.78 is 0. The lowest BCUT2D eigenvalue weighted by Gasteiger charge is -2.03. The van der Waals surface area contributed by atoms with Crippen LogP contribution in [-0.4, -0.2) is 20.2 Å². The second-order valence-electron chi connectivity index (χ2n) is 5.49. The Bertz CT molecular complexity index is 1060. The lowest BCUT2D eigenvalue weighted by atomic mass is 10.2. The summed E-state index contributed by atoms with van der Waals surface area (Å²) in [6.07, 6.45) is 0. The molecule has 0 atom stereocenters. The molecule has 0 radical (unpaired) electrons. The fraction of sp³-hybridized carbons (Fsp3) is 0.118. The second-order valence-corrected chi connectivity index (χ2v) is 7.28. The molecule has 1 N–H and O–H groups in total. The number of benzene rings is 2. The van der Waals surface area contributed by atoms with E-state index in [9.17, 15) is 0 Å². The summed E-state index contributed by atoms with van der Waals surface area (Å²) in [7, 11) is 0. The van der Waals surface area contributed by atoms with Gasteiger partial charge in [0.05, 0.1) is 0 Å². The maximum Gasteiger partial charge on any atom is 0.211 e. The molecule has 0 aliphatic heterocycles. The van der Waals surface area contributed by atoms with Crippen LogP contribution in [0, 0.1) is 6.92 Å². The van der Waals surface area contributed by atoms with Gasteiger partial charge in [-0.15, -0.1) is 10.2 Å². The molecule has 0 unspecified atom stereocenters. The van der Waals surface area contributed by atoms with Gasteiger partial charge in [-0.1, -0.05) is 52.7 Å². The normalized spacial score (nSPS) is 11.5. The topological polar surface area (TPSA) is 54.5 Å². The highest BCUT2D eigenvalue weighted by atomic mass is 35.5. The summed E-state index contributed by atoms with van der Waals surface area (Å²) in [6, 6.07) is 11.7. The molecule has 4 aromatic rings. The Balaban J connectivity index is 1.64. The van der Waals surface area contributed by atoms with Gasteiger partial charge in [-0.3, -0.25) is 0 Å².